The number of hydrogen-bond acceptors (Lipinski definition) is 2. The van der Waals surface area contributed by atoms with Crippen LogP contribution in [0.4, 0.5) is 0 Å². The highest BCUT2D eigenvalue weighted by molar-refractivity contribution is 5.74. The van der Waals surface area contributed by atoms with E-state index >= 15 is 0 Å². The number of carbonyl (C=O) groups is 1. The molecule has 3 nitrogen and oxygen atoms in total. The molecule has 1 N–H and O–H groups in total. The van der Waals surface area contributed by atoms with Crippen LogP contribution in [0, 0.1) is 0 Å². The van der Waals surface area contributed by atoms with Crippen molar-refractivity contribution in [2.24, 2.45) is 0 Å². The first kappa shape index (κ1) is 15.7. The zero-order valence-electron chi connectivity index (χ0n) is 11.7. The van der Waals surface area contributed by atoms with E-state index in [2.05, 4.69) is 6.92 Å². The van der Waals surface area contributed by atoms with Gasteiger partial charge in [-0.15, -0.1) is 0 Å². The van der Waals surface area contributed by atoms with Crippen LogP contribution in [0.5, 0.6) is 0 Å². The van der Waals surface area contributed by atoms with Crippen LogP contribution in [0.25, 0.3) is 0 Å². The molecule has 3 heteroatoms. The van der Waals surface area contributed by atoms with Gasteiger partial charge in [0.05, 0.1) is 0 Å². The number of aliphatic carboxylic acids is 1. The minimum atomic E-state index is -0.919. The van der Waals surface area contributed by atoms with E-state index in [1.807, 2.05) is 18.2 Å². The van der Waals surface area contributed by atoms with Crippen molar-refractivity contribution in [3.8, 4) is 0 Å². The summed E-state index contributed by atoms with van der Waals surface area (Å²) >= 11 is 0. The number of unbranched alkanes of at least 4 members (excludes halogenated alkanes) is 5. The fourth-order valence-electron chi connectivity index (χ4n) is 2.02. The van der Waals surface area contributed by atoms with E-state index < -0.39 is 12.1 Å². The van der Waals surface area contributed by atoms with Gasteiger partial charge in [-0.1, -0.05) is 69.4 Å². The average Bonchev–Trinajstić information content (AvgIpc) is 2.42. The zero-order valence-corrected chi connectivity index (χ0v) is 11.7. The lowest BCUT2D eigenvalue weighted by Gasteiger charge is -2.13. The van der Waals surface area contributed by atoms with Crippen molar-refractivity contribution in [3.63, 3.8) is 0 Å². The summed E-state index contributed by atoms with van der Waals surface area (Å²) in [4.78, 5) is 11.2. The summed E-state index contributed by atoms with van der Waals surface area (Å²) in [5.41, 5.74) is 0.709. The Hall–Kier alpha value is -1.35. The maximum atomic E-state index is 11.2. The van der Waals surface area contributed by atoms with E-state index in [1.54, 1.807) is 12.1 Å². The molecule has 0 heterocycles. The largest absolute Gasteiger partial charge is 0.479 e. The first-order chi connectivity index (χ1) is 9.25. The number of ether oxygens (including phenoxy) is 1. The van der Waals surface area contributed by atoms with Crippen molar-refractivity contribution in [2.75, 3.05) is 6.61 Å². The standard InChI is InChI=1S/C16H24O3/c1-2-3-4-5-6-10-13-19-15(16(17)18)14-11-8-7-9-12-14/h7-9,11-12,15H,2-6,10,13H2,1H3,(H,17,18). The lowest BCUT2D eigenvalue weighted by Crippen LogP contribution is -2.16. The molecule has 1 atom stereocenters. The average molecular weight is 264 g/mol. The highest BCUT2D eigenvalue weighted by atomic mass is 16.5. The van der Waals surface area contributed by atoms with Gasteiger partial charge in [0.25, 0.3) is 0 Å². The predicted octanol–water partition coefficient (Wildman–Crippen LogP) is 4.19. The molecule has 0 fully saturated rings. The molecule has 0 aliphatic heterocycles. The van der Waals surface area contributed by atoms with Crippen LogP contribution in [0.1, 0.15) is 57.1 Å². The second-order valence-electron chi connectivity index (χ2n) is 4.77. The van der Waals surface area contributed by atoms with Crippen LogP contribution in [-0.4, -0.2) is 17.7 Å². The summed E-state index contributed by atoms with van der Waals surface area (Å²) in [5.74, 6) is -0.919. The van der Waals surface area contributed by atoms with Gasteiger partial charge < -0.3 is 9.84 Å². The highest BCUT2D eigenvalue weighted by Gasteiger charge is 2.19. The molecular weight excluding hydrogens is 240 g/mol. The molecule has 106 valence electrons. The Labute approximate surface area is 115 Å². The van der Waals surface area contributed by atoms with E-state index in [-0.39, 0.29) is 0 Å². The molecule has 0 saturated carbocycles. The van der Waals surface area contributed by atoms with Gasteiger partial charge in [-0.3, -0.25) is 0 Å². The van der Waals surface area contributed by atoms with E-state index in [4.69, 9.17) is 4.74 Å². The van der Waals surface area contributed by atoms with E-state index in [0.717, 1.165) is 12.8 Å². The van der Waals surface area contributed by atoms with Crippen molar-refractivity contribution in [1.29, 1.82) is 0 Å². The SMILES string of the molecule is CCCCCCCCOC(C(=O)O)c1ccccc1. The molecule has 0 bridgehead atoms. The third kappa shape index (κ3) is 6.39. The van der Waals surface area contributed by atoms with Crippen molar-refractivity contribution < 1.29 is 14.6 Å². The number of carboxylic acid groups (broad SMARTS) is 1. The van der Waals surface area contributed by atoms with Gasteiger partial charge in [-0.25, -0.2) is 4.79 Å². The molecule has 0 radical (unpaired) electrons. The van der Waals surface area contributed by atoms with Crippen LogP contribution in [0.3, 0.4) is 0 Å². The van der Waals surface area contributed by atoms with Crippen molar-refractivity contribution in [2.45, 2.75) is 51.6 Å². The Morgan fingerprint density at radius 3 is 2.37 bits per heavy atom. The Morgan fingerprint density at radius 1 is 1.11 bits per heavy atom. The van der Waals surface area contributed by atoms with Crippen LogP contribution in [0.15, 0.2) is 30.3 Å². The third-order valence-corrected chi connectivity index (χ3v) is 3.11. The number of hydrogen-bond donors (Lipinski definition) is 1. The van der Waals surface area contributed by atoms with Crippen molar-refractivity contribution in [1.82, 2.24) is 0 Å². The number of rotatable bonds is 10. The Bertz CT molecular complexity index is 348. The topological polar surface area (TPSA) is 46.5 Å². The molecule has 0 spiro atoms. The highest BCUT2D eigenvalue weighted by Crippen LogP contribution is 2.18. The van der Waals surface area contributed by atoms with E-state index in [1.165, 1.54) is 25.7 Å². The molecule has 1 rings (SSSR count). The lowest BCUT2D eigenvalue weighted by atomic mass is 10.1. The van der Waals surface area contributed by atoms with Gasteiger partial charge in [0, 0.05) is 6.61 Å². The summed E-state index contributed by atoms with van der Waals surface area (Å²) in [6.07, 6.45) is 6.20. The van der Waals surface area contributed by atoms with Crippen LogP contribution >= 0.6 is 0 Å². The first-order valence-electron chi connectivity index (χ1n) is 7.15. The molecule has 0 aliphatic carbocycles. The van der Waals surface area contributed by atoms with E-state index in [0.29, 0.717) is 12.2 Å². The van der Waals surface area contributed by atoms with Gasteiger partial charge >= 0.3 is 5.97 Å². The molecular formula is C16H24O3. The Morgan fingerprint density at radius 2 is 1.74 bits per heavy atom. The molecule has 1 unspecified atom stereocenters. The molecule has 1 aromatic rings. The monoisotopic (exact) mass is 264 g/mol. The third-order valence-electron chi connectivity index (χ3n) is 3.11. The maximum absolute atomic E-state index is 11.2. The lowest BCUT2D eigenvalue weighted by molar-refractivity contribution is -0.151. The van der Waals surface area contributed by atoms with Gasteiger partial charge in [-0.05, 0) is 12.0 Å². The molecule has 19 heavy (non-hydrogen) atoms. The summed E-state index contributed by atoms with van der Waals surface area (Å²) in [5, 5.41) is 9.17. The Kier molecular flexibility index (Phi) is 7.91. The number of benzene rings is 1. The fraction of sp³-hybridized carbons (Fsp3) is 0.562. The minimum absolute atomic E-state index is 0.512. The second-order valence-corrected chi connectivity index (χ2v) is 4.77. The van der Waals surface area contributed by atoms with Crippen molar-refractivity contribution in [3.05, 3.63) is 35.9 Å². The van der Waals surface area contributed by atoms with Gasteiger partial charge in [0.1, 0.15) is 0 Å². The molecule has 0 amide bonds. The normalized spacial score (nSPS) is 12.3. The zero-order chi connectivity index (χ0) is 13.9. The smallest absolute Gasteiger partial charge is 0.337 e. The predicted molar refractivity (Wildman–Crippen MR) is 76.1 cm³/mol. The Balaban J connectivity index is 2.26. The first-order valence-corrected chi connectivity index (χ1v) is 7.15. The summed E-state index contributed by atoms with van der Waals surface area (Å²) in [7, 11) is 0. The summed E-state index contributed by atoms with van der Waals surface area (Å²) in [6, 6.07) is 9.12. The maximum Gasteiger partial charge on any atom is 0.337 e. The fourth-order valence-corrected chi connectivity index (χ4v) is 2.02. The van der Waals surface area contributed by atoms with Crippen molar-refractivity contribution >= 4 is 5.97 Å². The molecule has 1 aromatic carbocycles. The molecule has 0 aromatic heterocycles. The van der Waals surface area contributed by atoms with Gasteiger partial charge in [0.15, 0.2) is 6.10 Å². The molecule has 0 saturated heterocycles. The summed E-state index contributed by atoms with van der Waals surface area (Å²) in [6.45, 7) is 2.71. The van der Waals surface area contributed by atoms with Crippen LogP contribution in [0.2, 0.25) is 0 Å². The van der Waals surface area contributed by atoms with Gasteiger partial charge in [0.2, 0.25) is 0 Å². The van der Waals surface area contributed by atoms with Gasteiger partial charge in [-0.2, -0.15) is 0 Å². The quantitative estimate of drug-likeness (QED) is 0.644. The van der Waals surface area contributed by atoms with Crippen LogP contribution < -0.4 is 0 Å². The minimum Gasteiger partial charge on any atom is -0.479 e. The summed E-state index contributed by atoms with van der Waals surface area (Å²) < 4.78 is 5.50. The van der Waals surface area contributed by atoms with Crippen LogP contribution in [-0.2, 0) is 9.53 Å². The number of carboxylic acids is 1. The second kappa shape index (κ2) is 9.56. The van der Waals surface area contributed by atoms with E-state index in [9.17, 15) is 9.90 Å². The molecule has 0 aliphatic rings.